The van der Waals surface area contributed by atoms with Gasteiger partial charge in [-0.05, 0) is 18.6 Å². The molecule has 2 aromatic rings. The van der Waals surface area contributed by atoms with E-state index in [1.54, 1.807) is 6.07 Å². The van der Waals surface area contributed by atoms with E-state index in [0.29, 0.717) is 17.1 Å². The first kappa shape index (κ1) is 12.4. The van der Waals surface area contributed by atoms with Gasteiger partial charge in [0, 0.05) is 23.8 Å². The number of hydrogen-bond acceptors (Lipinski definition) is 4. The highest BCUT2D eigenvalue weighted by Crippen LogP contribution is 2.44. The number of rotatable bonds is 0. The Morgan fingerprint density at radius 3 is 2.90 bits per heavy atom. The molecule has 0 aliphatic carbocycles. The van der Waals surface area contributed by atoms with Crippen molar-refractivity contribution in [1.29, 1.82) is 0 Å². The van der Waals surface area contributed by atoms with Gasteiger partial charge >= 0.3 is 0 Å². The van der Waals surface area contributed by atoms with Crippen LogP contribution < -0.4 is 9.47 Å². The lowest BCUT2D eigenvalue weighted by molar-refractivity contribution is -0.123. The highest BCUT2D eigenvalue weighted by atomic mass is 16.6. The van der Waals surface area contributed by atoms with Gasteiger partial charge < -0.3 is 14.6 Å². The van der Waals surface area contributed by atoms with E-state index in [1.807, 2.05) is 31.2 Å². The highest BCUT2D eigenvalue weighted by Gasteiger charge is 2.36. The minimum atomic E-state index is -1.47. The minimum Gasteiger partial charge on any atom is -0.461 e. The molecule has 4 heteroatoms. The number of allylic oxidation sites excluding steroid dienone is 1. The number of aliphatic hydroxyl groups is 1. The first-order valence-electron chi connectivity index (χ1n) is 6.85. The maximum Gasteiger partial charge on any atom is 0.212 e. The summed E-state index contributed by atoms with van der Waals surface area (Å²) < 4.78 is 11.3. The standard InChI is InChI=1S/C17H14O4/c1-9-6-10-4-3-5-11-15(10)13(20-9)7-14-16(11)12(18)8-17(2,19)21-14/h3-7,19H,8H2,1-2H3. The second-order valence-electron chi connectivity index (χ2n) is 5.75. The summed E-state index contributed by atoms with van der Waals surface area (Å²) in [5.74, 6) is 0.234. The van der Waals surface area contributed by atoms with Crippen LogP contribution in [0.5, 0.6) is 11.5 Å². The predicted molar refractivity (Wildman–Crippen MR) is 78.4 cm³/mol. The number of hydrogen-bond donors (Lipinski definition) is 1. The summed E-state index contributed by atoms with van der Waals surface area (Å²) in [5.41, 5.74) is 1.55. The van der Waals surface area contributed by atoms with Gasteiger partial charge in [-0.25, -0.2) is 0 Å². The highest BCUT2D eigenvalue weighted by molar-refractivity contribution is 6.14. The molecule has 2 aliphatic heterocycles. The Morgan fingerprint density at radius 2 is 2.10 bits per heavy atom. The van der Waals surface area contributed by atoms with Crippen molar-refractivity contribution in [3.8, 4) is 11.5 Å². The van der Waals surface area contributed by atoms with Crippen LogP contribution in [0.1, 0.15) is 36.2 Å². The zero-order valence-corrected chi connectivity index (χ0v) is 11.8. The number of carbonyl (C=O) groups is 1. The van der Waals surface area contributed by atoms with Gasteiger partial charge in [-0.2, -0.15) is 0 Å². The molecule has 2 heterocycles. The first-order valence-corrected chi connectivity index (χ1v) is 6.85. The van der Waals surface area contributed by atoms with E-state index in [1.165, 1.54) is 6.92 Å². The van der Waals surface area contributed by atoms with Crippen LogP contribution >= 0.6 is 0 Å². The van der Waals surface area contributed by atoms with Gasteiger partial charge in [0.2, 0.25) is 5.79 Å². The number of carbonyl (C=O) groups excluding carboxylic acids is 1. The molecule has 1 N–H and O–H groups in total. The van der Waals surface area contributed by atoms with Crippen LogP contribution in [0.2, 0.25) is 0 Å². The molecule has 0 bridgehead atoms. The van der Waals surface area contributed by atoms with Crippen LogP contribution in [0.4, 0.5) is 0 Å². The fourth-order valence-corrected chi connectivity index (χ4v) is 3.10. The Hall–Kier alpha value is -2.33. The Balaban J connectivity index is 2.10. The minimum absolute atomic E-state index is 0.0472. The predicted octanol–water partition coefficient (Wildman–Crippen LogP) is 3.27. The smallest absolute Gasteiger partial charge is 0.212 e. The van der Waals surface area contributed by atoms with Crippen LogP contribution in [0, 0.1) is 0 Å². The van der Waals surface area contributed by atoms with E-state index in [-0.39, 0.29) is 12.2 Å². The maximum atomic E-state index is 12.4. The fourth-order valence-electron chi connectivity index (χ4n) is 3.10. The summed E-state index contributed by atoms with van der Waals surface area (Å²) in [7, 11) is 0. The quantitative estimate of drug-likeness (QED) is 0.805. The second kappa shape index (κ2) is 3.86. The Kier molecular flexibility index (Phi) is 2.28. The molecule has 0 saturated carbocycles. The molecule has 2 aliphatic rings. The average Bonchev–Trinajstić information content (AvgIpc) is 2.35. The summed E-state index contributed by atoms with van der Waals surface area (Å²) >= 11 is 0. The molecule has 0 amide bonds. The topological polar surface area (TPSA) is 55.8 Å². The molecule has 1 atom stereocenters. The van der Waals surface area contributed by atoms with E-state index in [0.717, 1.165) is 22.1 Å². The van der Waals surface area contributed by atoms with Gasteiger partial charge in [0.1, 0.15) is 17.3 Å². The summed E-state index contributed by atoms with van der Waals surface area (Å²) in [6, 6.07) is 7.49. The molecular formula is C17H14O4. The number of benzene rings is 2. The molecule has 4 nitrogen and oxygen atoms in total. The van der Waals surface area contributed by atoms with Crippen molar-refractivity contribution < 1.29 is 19.4 Å². The zero-order valence-electron chi connectivity index (χ0n) is 11.8. The lowest BCUT2D eigenvalue weighted by Crippen LogP contribution is -2.38. The molecule has 0 radical (unpaired) electrons. The SMILES string of the molecule is CC1=Cc2cccc3c4c(cc(c23)O1)OC(C)(O)CC4=O. The summed E-state index contributed by atoms with van der Waals surface area (Å²) in [5, 5.41) is 11.8. The van der Waals surface area contributed by atoms with E-state index < -0.39 is 5.79 Å². The van der Waals surface area contributed by atoms with Crippen molar-refractivity contribution in [2.45, 2.75) is 26.1 Å². The van der Waals surface area contributed by atoms with E-state index >= 15 is 0 Å². The van der Waals surface area contributed by atoms with Gasteiger partial charge in [0.15, 0.2) is 5.78 Å². The van der Waals surface area contributed by atoms with E-state index in [9.17, 15) is 9.90 Å². The van der Waals surface area contributed by atoms with Crippen molar-refractivity contribution >= 4 is 22.6 Å². The molecule has 21 heavy (non-hydrogen) atoms. The van der Waals surface area contributed by atoms with Crippen LogP contribution in [0.25, 0.3) is 16.8 Å². The average molecular weight is 282 g/mol. The van der Waals surface area contributed by atoms with Crippen LogP contribution in [0.3, 0.4) is 0 Å². The first-order chi connectivity index (χ1) is 9.94. The summed E-state index contributed by atoms with van der Waals surface area (Å²) in [6.45, 7) is 3.37. The molecule has 4 rings (SSSR count). The van der Waals surface area contributed by atoms with E-state index in [4.69, 9.17) is 9.47 Å². The van der Waals surface area contributed by atoms with E-state index in [2.05, 4.69) is 0 Å². The lowest BCUT2D eigenvalue weighted by Gasteiger charge is -2.31. The zero-order chi connectivity index (χ0) is 14.8. The molecule has 106 valence electrons. The molecule has 1 unspecified atom stereocenters. The fraction of sp³-hybridized carbons (Fsp3) is 0.235. The Bertz CT molecular complexity index is 830. The molecule has 0 fully saturated rings. The van der Waals surface area contributed by atoms with Crippen LogP contribution in [0.15, 0.2) is 30.0 Å². The molecular weight excluding hydrogens is 268 g/mol. The van der Waals surface area contributed by atoms with Gasteiger partial charge in [0.25, 0.3) is 0 Å². The molecule has 0 saturated heterocycles. The largest absolute Gasteiger partial charge is 0.461 e. The third kappa shape index (κ3) is 1.76. The number of ketones is 1. The van der Waals surface area contributed by atoms with Crippen molar-refractivity contribution in [1.82, 2.24) is 0 Å². The number of fused-ring (bicyclic) bond motifs is 2. The number of ether oxygens (including phenoxy) is 2. The molecule has 0 spiro atoms. The van der Waals surface area contributed by atoms with Gasteiger partial charge in [-0.15, -0.1) is 0 Å². The molecule has 2 aromatic carbocycles. The normalized spacial score (nSPS) is 23.2. The Labute approximate surface area is 121 Å². The lowest BCUT2D eigenvalue weighted by atomic mass is 9.91. The van der Waals surface area contributed by atoms with Crippen molar-refractivity contribution in [2.75, 3.05) is 0 Å². The summed E-state index contributed by atoms with van der Waals surface area (Å²) in [6.07, 6.45) is 1.90. The molecule has 0 aromatic heterocycles. The van der Waals surface area contributed by atoms with Gasteiger partial charge in [-0.3, -0.25) is 4.79 Å². The van der Waals surface area contributed by atoms with Crippen LogP contribution in [-0.2, 0) is 0 Å². The maximum absolute atomic E-state index is 12.4. The van der Waals surface area contributed by atoms with Crippen molar-refractivity contribution in [3.05, 3.63) is 41.2 Å². The van der Waals surface area contributed by atoms with Crippen molar-refractivity contribution in [2.24, 2.45) is 0 Å². The van der Waals surface area contributed by atoms with Crippen molar-refractivity contribution in [3.63, 3.8) is 0 Å². The van der Waals surface area contributed by atoms with Gasteiger partial charge in [-0.1, -0.05) is 18.2 Å². The third-order valence-corrected chi connectivity index (χ3v) is 3.85. The number of Topliss-reactive ketones (excluding diaryl/α,β-unsaturated/α-hetero) is 1. The third-order valence-electron chi connectivity index (χ3n) is 3.85. The Morgan fingerprint density at radius 1 is 1.29 bits per heavy atom. The van der Waals surface area contributed by atoms with Gasteiger partial charge in [0.05, 0.1) is 12.0 Å². The van der Waals surface area contributed by atoms with Crippen LogP contribution in [-0.4, -0.2) is 16.7 Å². The second-order valence-corrected chi connectivity index (χ2v) is 5.75. The summed E-state index contributed by atoms with van der Waals surface area (Å²) in [4.78, 5) is 12.4. The monoisotopic (exact) mass is 282 g/mol.